The van der Waals surface area contributed by atoms with Gasteiger partial charge in [0, 0.05) is 5.56 Å². The van der Waals surface area contributed by atoms with Gasteiger partial charge in [0.25, 0.3) is 0 Å². The molecule has 3 nitrogen and oxygen atoms in total. The van der Waals surface area contributed by atoms with Crippen molar-refractivity contribution < 1.29 is 4.74 Å². The smallest absolute Gasteiger partial charge is 0.181 e. The summed E-state index contributed by atoms with van der Waals surface area (Å²) in [6.07, 6.45) is 3.86. The lowest BCUT2D eigenvalue weighted by atomic mass is 10.1. The Labute approximate surface area is 88.1 Å². The van der Waals surface area contributed by atoms with E-state index in [4.69, 9.17) is 15.3 Å². The second kappa shape index (κ2) is 5.26. The maximum absolute atomic E-state index is 7.26. The van der Waals surface area contributed by atoms with E-state index < -0.39 is 0 Å². The molecule has 0 radical (unpaired) electrons. The van der Waals surface area contributed by atoms with E-state index in [1.807, 2.05) is 36.4 Å². The average Bonchev–Trinajstić information content (AvgIpc) is 2.29. The lowest BCUT2D eigenvalue weighted by Gasteiger charge is -2.12. The van der Waals surface area contributed by atoms with E-state index in [1.54, 1.807) is 0 Å². The maximum Gasteiger partial charge on any atom is 0.181 e. The Morgan fingerprint density at radius 3 is 2.40 bits per heavy atom. The van der Waals surface area contributed by atoms with E-state index in [1.165, 1.54) is 12.1 Å². The Morgan fingerprint density at radius 1 is 1.07 bits per heavy atom. The van der Waals surface area contributed by atoms with Gasteiger partial charge in [-0.05, 0) is 18.2 Å². The highest BCUT2D eigenvalue weighted by atomic mass is 16.5. The highest BCUT2D eigenvalue weighted by Crippen LogP contribution is 2.25. The van der Waals surface area contributed by atoms with E-state index in [-0.39, 0.29) is 0 Å². The summed E-state index contributed by atoms with van der Waals surface area (Å²) in [6.45, 7) is 3.70. The van der Waals surface area contributed by atoms with Crippen molar-refractivity contribution in [2.45, 2.75) is 0 Å². The van der Waals surface area contributed by atoms with Crippen LogP contribution in [-0.4, -0.2) is 0 Å². The highest BCUT2D eigenvalue weighted by molar-refractivity contribution is 5.62. The van der Waals surface area contributed by atoms with Gasteiger partial charge in [-0.2, -0.15) is 10.5 Å². The van der Waals surface area contributed by atoms with Gasteiger partial charge in [0.15, 0.2) is 12.1 Å². The van der Waals surface area contributed by atoms with Crippen LogP contribution in [0.3, 0.4) is 0 Å². The van der Waals surface area contributed by atoms with Crippen molar-refractivity contribution in [3.05, 3.63) is 48.2 Å². The molecule has 1 aliphatic heterocycles. The van der Waals surface area contributed by atoms with Gasteiger partial charge in [-0.3, -0.25) is 0 Å². The van der Waals surface area contributed by atoms with Crippen LogP contribution in [0, 0.1) is 22.7 Å². The van der Waals surface area contributed by atoms with Crippen molar-refractivity contribution in [2.24, 2.45) is 0 Å². The number of rotatable bonds is 0. The van der Waals surface area contributed by atoms with E-state index in [9.17, 15) is 0 Å². The van der Waals surface area contributed by atoms with Gasteiger partial charge in [-0.1, -0.05) is 24.8 Å². The number of benzene rings is 1. The molecule has 1 heterocycles. The minimum Gasteiger partial charge on any atom is -0.457 e. The Hall–Kier alpha value is -2.52. The quantitative estimate of drug-likeness (QED) is 0.640. The molecular weight excluding hydrogens is 188 g/mol. The normalized spacial score (nSPS) is 10.9. The molecule has 0 N–H and O–H groups in total. The van der Waals surface area contributed by atoms with Crippen molar-refractivity contribution >= 4 is 6.08 Å². The lowest BCUT2D eigenvalue weighted by molar-refractivity contribution is 0.442. The van der Waals surface area contributed by atoms with Gasteiger partial charge >= 0.3 is 0 Å². The summed E-state index contributed by atoms with van der Waals surface area (Å²) in [4.78, 5) is 0. The molecule has 0 bridgehead atoms. The summed E-state index contributed by atoms with van der Waals surface area (Å²) in [7, 11) is 0. The molecular formula is C12H8N2O. The molecule has 15 heavy (non-hydrogen) atoms. The van der Waals surface area contributed by atoms with Crippen LogP contribution >= 0.6 is 0 Å². The molecule has 0 amide bonds. The number of hydrogen-bond donors (Lipinski definition) is 0. The van der Waals surface area contributed by atoms with Gasteiger partial charge in [0.1, 0.15) is 11.5 Å². The first-order chi connectivity index (χ1) is 7.27. The minimum atomic E-state index is 0.698. The van der Waals surface area contributed by atoms with Crippen LogP contribution in [0.1, 0.15) is 5.56 Å². The number of nitriles is 2. The number of allylic oxidation sites excluding steroid dienone is 1. The largest absolute Gasteiger partial charge is 0.457 e. The first-order valence-corrected chi connectivity index (χ1v) is 4.20. The predicted molar refractivity (Wildman–Crippen MR) is 56.5 cm³/mol. The molecule has 0 fully saturated rings. The number of para-hydroxylation sites is 1. The zero-order valence-corrected chi connectivity index (χ0v) is 7.97. The first-order valence-electron chi connectivity index (χ1n) is 4.20. The number of fused-ring (bicyclic) bond motifs is 1. The summed E-state index contributed by atoms with van der Waals surface area (Å²) in [5.74, 6) is 1.59. The Balaban J connectivity index is 0.000000245. The summed E-state index contributed by atoms with van der Waals surface area (Å²) < 4.78 is 5.35. The van der Waals surface area contributed by atoms with Crippen LogP contribution in [0.25, 0.3) is 6.08 Å². The molecule has 2 rings (SSSR count). The minimum absolute atomic E-state index is 0.698. The topological polar surface area (TPSA) is 56.8 Å². The SMILES string of the molecule is C=C1C=Cc2ccccc2O1.N#CC#N. The fourth-order valence-electron chi connectivity index (χ4n) is 1.07. The summed E-state index contributed by atoms with van der Waals surface area (Å²) in [5.41, 5.74) is 1.11. The highest BCUT2D eigenvalue weighted by Gasteiger charge is 2.04. The fourth-order valence-corrected chi connectivity index (χ4v) is 1.07. The van der Waals surface area contributed by atoms with Crippen LogP contribution < -0.4 is 4.74 Å². The molecule has 1 aromatic carbocycles. The maximum atomic E-state index is 7.26. The third-order valence-electron chi connectivity index (χ3n) is 1.66. The number of hydrogen-bond acceptors (Lipinski definition) is 3. The first kappa shape index (κ1) is 10.6. The molecule has 0 aromatic heterocycles. The molecule has 1 aliphatic rings. The van der Waals surface area contributed by atoms with Gasteiger partial charge in [-0.15, -0.1) is 0 Å². The third-order valence-corrected chi connectivity index (χ3v) is 1.66. The number of nitrogens with zero attached hydrogens (tertiary/aromatic N) is 2. The lowest BCUT2D eigenvalue weighted by Crippen LogP contribution is -1.96. The van der Waals surface area contributed by atoms with Gasteiger partial charge < -0.3 is 4.74 Å². The molecule has 0 spiro atoms. The third kappa shape index (κ3) is 3.02. The molecule has 0 atom stereocenters. The van der Waals surface area contributed by atoms with E-state index >= 15 is 0 Å². The van der Waals surface area contributed by atoms with E-state index in [0.717, 1.165) is 11.3 Å². The molecule has 3 heteroatoms. The van der Waals surface area contributed by atoms with Gasteiger partial charge in [0.2, 0.25) is 0 Å². The zero-order chi connectivity index (χ0) is 11.1. The van der Waals surface area contributed by atoms with Crippen LogP contribution in [0.5, 0.6) is 5.75 Å². The molecule has 72 valence electrons. The van der Waals surface area contributed by atoms with E-state index in [0.29, 0.717) is 5.76 Å². The van der Waals surface area contributed by atoms with Crippen LogP contribution in [0.4, 0.5) is 0 Å². The fraction of sp³-hybridized carbons (Fsp3) is 0. The van der Waals surface area contributed by atoms with Crippen molar-refractivity contribution in [1.29, 1.82) is 10.5 Å². The Kier molecular flexibility index (Phi) is 3.70. The van der Waals surface area contributed by atoms with Gasteiger partial charge in [0.05, 0.1) is 0 Å². The van der Waals surface area contributed by atoms with E-state index in [2.05, 4.69) is 6.58 Å². The molecule has 0 aliphatic carbocycles. The Bertz CT molecular complexity index is 463. The molecule has 0 unspecified atom stereocenters. The number of ether oxygens (including phenoxy) is 1. The average molecular weight is 196 g/mol. The molecule has 0 saturated carbocycles. The summed E-state index contributed by atoms with van der Waals surface area (Å²) in [5, 5.41) is 14.5. The monoisotopic (exact) mass is 196 g/mol. The Morgan fingerprint density at radius 2 is 1.73 bits per heavy atom. The van der Waals surface area contributed by atoms with Crippen LogP contribution in [0.2, 0.25) is 0 Å². The van der Waals surface area contributed by atoms with Crippen molar-refractivity contribution in [1.82, 2.24) is 0 Å². The zero-order valence-electron chi connectivity index (χ0n) is 7.97. The molecule has 1 aromatic rings. The second-order valence-electron chi connectivity index (χ2n) is 2.66. The van der Waals surface area contributed by atoms with Crippen LogP contribution in [0.15, 0.2) is 42.7 Å². The van der Waals surface area contributed by atoms with Crippen molar-refractivity contribution in [2.75, 3.05) is 0 Å². The summed E-state index contributed by atoms with van der Waals surface area (Å²) >= 11 is 0. The predicted octanol–water partition coefficient (Wildman–Crippen LogP) is 2.64. The standard InChI is InChI=1S/C10H8O.C2N2/c1-8-6-7-9-4-2-3-5-10(9)11-8;3-1-2-4/h2-7H,1H2;. The summed E-state index contributed by atoms with van der Waals surface area (Å²) in [6, 6.07) is 10.4. The molecule has 0 saturated heterocycles. The van der Waals surface area contributed by atoms with Crippen molar-refractivity contribution in [3.8, 4) is 17.9 Å². The second-order valence-corrected chi connectivity index (χ2v) is 2.66. The van der Waals surface area contributed by atoms with Gasteiger partial charge in [-0.25, -0.2) is 0 Å². The van der Waals surface area contributed by atoms with Crippen LogP contribution in [-0.2, 0) is 0 Å². The van der Waals surface area contributed by atoms with Crippen molar-refractivity contribution in [3.63, 3.8) is 0 Å².